The Hall–Kier alpha value is -1.42. The summed E-state index contributed by atoms with van der Waals surface area (Å²) in [5, 5.41) is 0. The van der Waals surface area contributed by atoms with E-state index in [2.05, 4.69) is 24.0 Å². The van der Waals surface area contributed by atoms with E-state index in [9.17, 15) is 0 Å². The van der Waals surface area contributed by atoms with Crippen LogP contribution in [0.2, 0.25) is 0 Å². The van der Waals surface area contributed by atoms with Crippen LogP contribution in [0.15, 0.2) is 30.3 Å². The third-order valence-corrected chi connectivity index (χ3v) is 3.84. The SMILES string of the molecule is CCSCCc1nc(-c2ccccc2)n(C)c1N. The van der Waals surface area contributed by atoms with Crippen LogP contribution in [0.3, 0.4) is 0 Å². The number of hydrogen-bond donors (Lipinski definition) is 1. The van der Waals surface area contributed by atoms with Gasteiger partial charge in [0.2, 0.25) is 0 Å². The summed E-state index contributed by atoms with van der Waals surface area (Å²) in [5.41, 5.74) is 8.24. The van der Waals surface area contributed by atoms with E-state index in [4.69, 9.17) is 5.73 Å². The van der Waals surface area contributed by atoms with Crippen molar-refractivity contribution in [3.8, 4) is 11.4 Å². The van der Waals surface area contributed by atoms with E-state index in [0.29, 0.717) is 0 Å². The number of rotatable bonds is 5. The minimum atomic E-state index is 0.783. The molecular formula is C14H19N3S. The third-order valence-electron chi connectivity index (χ3n) is 2.93. The van der Waals surface area contributed by atoms with E-state index in [0.717, 1.165) is 40.8 Å². The molecule has 2 aromatic rings. The zero-order valence-electron chi connectivity index (χ0n) is 10.9. The zero-order valence-corrected chi connectivity index (χ0v) is 11.7. The van der Waals surface area contributed by atoms with Gasteiger partial charge in [-0.3, -0.25) is 0 Å². The standard InChI is InChI=1S/C14H19N3S/c1-3-18-10-9-12-13(15)17(2)14(16-12)11-7-5-4-6-8-11/h4-8H,3,9-10,15H2,1-2H3. The van der Waals surface area contributed by atoms with Crippen LogP contribution in [-0.2, 0) is 13.5 Å². The first-order chi connectivity index (χ1) is 8.74. The summed E-state index contributed by atoms with van der Waals surface area (Å²) in [5.74, 6) is 3.94. The van der Waals surface area contributed by atoms with Crippen LogP contribution >= 0.6 is 11.8 Å². The van der Waals surface area contributed by atoms with Crippen molar-refractivity contribution in [2.24, 2.45) is 7.05 Å². The number of nitrogen functional groups attached to an aromatic ring is 1. The second-order valence-electron chi connectivity index (χ2n) is 4.14. The molecule has 0 aliphatic rings. The minimum Gasteiger partial charge on any atom is -0.384 e. The number of aryl methyl sites for hydroxylation is 1. The van der Waals surface area contributed by atoms with Crippen LogP contribution in [-0.4, -0.2) is 21.1 Å². The van der Waals surface area contributed by atoms with Gasteiger partial charge in [0.05, 0.1) is 5.69 Å². The average molecular weight is 261 g/mol. The molecule has 1 aromatic carbocycles. The van der Waals surface area contributed by atoms with Gasteiger partial charge in [0, 0.05) is 19.0 Å². The first-order valence-electron chi connectivity index (χ1n) is 6.18. The van der Waals surface area contributed by atoms with Gasteiger partial charge < -0.3 is 10.3 Å². The zero-order chi connectivity index (χ0) is 13.0. The average Bonchev–Trinajstić information content (AvgIpc) is 2.68. The van der Waals surface area contributed by atoms with Crippen LogP contribution in [0.5, 0.6) is 0 Å². The molecule has 96 valence electrons. The largest absolute Gasteiger partial charge is 0.384 e. The molecule has 0 aliphatic carbocycles. The fourth-order valence-electron chi connectivity index (χ4n) is 1.91. The molecule has 0 bridgehead atoms. The molecule has 0 fully saturated rings. The van der Waals surface area contributed by atoms with E-state index in [1.54, 1.807) is 0 Å². The Morgan fingerprint density at radius 3 is 2.67 bits per heavy atom. The van der Waals surface area contributed by atoms with Gasteiger partial charge >= 0.3 is 0 Å². The molecule has 0 saturated carbocycles. The lowest BCUT2D eigenvalue weighted by molar-refractivity contribution is 0.936. The molecule has 4 heteroatoms. The molecule has 3 nitrogen and oxygen atoms in total. The topological polar surface area (TPSA) is 43.8 Å². The Labute approximate surface area is 112 Å². The Morgan fingerprint density at radius 2 is 2.00 bits per heavy atom. The van der Waals surface area contributed by atoms with Gasteiger partial charge in [-0.2, -0.15) is 11.8 Å². The lowest BCUT2D eigenvalue weighted by atomic mass is 10.2. The molecule has 2 rings (SSSR count). The van der Waals surface area contributed by atoms with Crippen molar-refractivity contribution in [3.05, 3.63) is 36.0 Å². The predicted molar refractivity (Wildman–Crippen MR) is 79.8 cm³/mol. The molecule has 0 radical (unpaired) electrons. The smallest absolute Gasteiger partial charge is 0.141 e. The van der Waals surface area contributed by atoms with Gasteiger partial charge in [-0.05, 0) is 11.5 Å². The van der Waals surface area contributed by atoms with Crippen LogP contribution < -0.4 is 5.73 Å². The van der Waals surface area contributed by atoms with Crippen LogP contribution in [0, 0.1) is 0 Å². The monoisotopic (exact) mass is 261 g/mol. The van der Waals surface area contributed by atoms with Crippen molar-refractivity contribution in [1.82, 2.24) is 9.55 Å². The first-order valence-corrected chi connectivity index (χ1v) is 7.33. The molecule has 0 aliphatic heterocycles. The van der Waals surface area contributed by atoms with Crippen LogP contribution in [0.25, 0.3) is 11.4 Å². The molecule has 1 heterocycles. The molecule has 18 heavy (non-hydrogen) atoms. The summed E-state index contributed by atoms with van der Waals surface area (Å²) in [6.45, 7) is 2.17. The quantitative estimate of drug-likeness (QED) is 0.842. The van der Waals surface area contributed by atoms with Gasteiger partial charge in [0.15, 0.2) is 0 Å². The molecule has 0 spiro atoms. The highest BCUT2D eigenvalue weighted by Crippen LogP contribution is 2.23. The predicted octanol–water partition coefficient (Wildman–Crippen LogP) is 2.96. The number of hydrogen-bond acceptors (Lipinski definition) is 3. The Morgan fingerprint density at radius 1 is 1.28 bits per heavy atom. The molecule has 0 unspecified atom stereocenters. The third kappa shape index (κ3) is 2.70. The summed E-state index contributed by atoms with van der Waals surface area (Å²) in [4.78, 5) is 4.68. The normalized spacial score (nSPS) is 10.8. The number of thioether (sulfide) groups is 1. The number of imidazole rings is 1. The summed E-state index contributed by atoms with van der Waals surface area (Å²) in [6.07, 6.45) is 0.936. The van der Waals surface area contributed by atoms with Crippen LogP contribution in [0.4, 0.5) is 5.82 Å². The van der Waals surface area contributed by atoms with Gasteiger partial charge in [0.1, 0.15) is 11.6 Å². The molecule has 0 amide bonds. The van der Waals surface area contributed by atoms with Crippen molar-refractivity contribution in [2.45, 2.75) is 13.3 Å². The van der Waals surface area contributed by atoms with Gasteiger partial charge in [-0.25, -0.2) is 4.98 Å². The van der Waals surface area contributed by atoms with Crippen LogP contribution in [0.1, 0.15) is 12.6 Å². The second kappa shape index (κ2) is 5.96. The van der Waals surface area contributed by atoms with Gasteiger partial charge in [-0.15, -0.1) is 0 Å². The van der Waals surface area contributed by atoms with Crippen molar-refractivity contribution in [3.63, 3.8) is 0 Å². The van der Waals surface area contributed by atoms with Gasteiger partial charge in [-0.1, -0.05) is 37.3 Å². The van der Waals surface area contributed by atoms with Crippen molar-refractivity contribution in [2.75, 3.05) is 17.2 Å². The van der Waals surface area contributed by atoms with E-state index in [-0.39, 0.29) is 0 Å². The number of anilines is 1. The summed E-state index contributed by atoms with van der Waals surface area (Å²) in [6, 6.07) is 10.2. The fraction of sp³-hybridized carbons (Fsp3) is 0.357. The second-order valence-corrected chi connectivity index (χ2v) is 5.53. The lowest BCUT2D eigenvalue weighted by Gasteiger charge is -2.02. The Kier molecular flexibility index (Phi) is 4.31. The summed E-state index contributed by atoms with van der Waals surface area (Å²) in [7, 11) is 1.97. The minimum absolute atomic E-state index is 0.783. The molecular weight excluding hydrogens is 242 g/mol. The van der Waals surface area contributed by atoms with E-state index in [1.165, 1.54) is 0 Å². The Bertz CT molecular complexity index is 505. The first kappa shape index (κ1) is 13.0. The highest BCUT2D eigenvalue weighted by Gasteiger charge is 2.12. The van der Waals surface area contributed by atoms with E-state index >= 15 is 0 Å². The highest BCUT2D eigenvalue weighted by molar-refractivity contribution is 7.99. The molecule has 0 atom stereocenters. The molecule has 2 N–H and O–H groups in total. The number of nitrogens with zero attached hydrogens (tertiary/aromatic N) is 2. The summed E-state index contributed by atoms with van der Waals surface area (Å²) >= 11 is 1.92. The van der Waals surface area contributed by atoms with Gasteiger partial charge in [0.25, 0.3) is 0 Å². The maximum atomic E-state index is 6.11. The van der Waals surface area contributed by atoms with Crippen molar-refractivity contribution >= 4 is 17.6 Å². The number of aromatic nitrogens is 2. The highest BCUT2D eigenvalue weighted by atomic mass is 32.2. The van der Waals surface area contributed by atoms with Crippen molar-refractivity contribution in [1.29, 1.82) is 0 Å². The maximum absolute atomic E-state index is 6.11. The summed E-state index contributed by atoms with van der Waals surface area (Å²) < 4.78 is 1.97. The number of benzene rings is 1. The van der Waals surface area contributed by atoms with E-state index < -0.39 is 0 Å². The number of nitrogens with two attached hydrogens (primary N) is 1. The van der Waals surface area contributed by atoms with Crippen molar-refractivity contribution < 1.29 is 0 Å². The fourth-order valence-corrected chi connectivity index (χ4v) is 2.54. The molecule has 0 saturated heterocycles. The lowest BCUT2D eigenvalue weighted by Crippen LogP contribution is -2.00. The Balaban J connectivity index is 2.25. The maximum Gasteiger partial charge on any atom is 0.141 e. The van der Waals surface area contributed by atoms with E-state index in [1.807, 2.05) is 41.6 Å². The molecule has 1 aromatic heterocycles.